The van der Waals surface area contributed by atoms with Crippen LogP contribution in [0.5, 0.6) is 0 Å². The summed E-state index contributed by atoms with van der Waals surface area (Å²) in [5, 5.41) is 13.9. The Labute approximate surface area is 100 Å². The minimum atomic E-state index is -0.376. The predicted molar refractivity (Wildman–Crippen MR) is 67.0 cm³/mol. The summed E-state index contributed by atoms with van der Waals surface area (Å²) in [6, 6.07) is 4.88. The van der Waals surface area contributed by atoms with Crippen molar-refractivity contribution in [2.75, 3.05) is 18.4 Å². The second-order valence-electron chi connectivity index (χ2n) is 4.81. The lowest BCUT2D eigenvalue weighted by molar-refractivity contribution is -0.384. The van der Waals surface area contributed by atoms with Crippen molar-refractivity contribution in [3.63, 3.8) is 0 Å². The monoisotopic (exact) mass is 235 g/mol. The van der Waals surface area contributed by atoms with Crippen LogP contribution in [-0.4, -0.2) is 18.0 Å². The van der Waals surface area contributed by atoms with Crippen LogP contribution in [0.25, 0.3) is 0 Å². The van der Waals surface area contributed by atoms with Crippen molar-refractivity contribution < 1.29 is 4.92 Å². The molecule has 17 heavy (non-hydrogen) atoms. The van der Waals surface area contributed by atoms with E-state index in [0.717, 1.165) is 17.8 Å². The van der Waals surface area contributed by atoms with Crippen LogP contribution in [0.1, 0.15) is 18.4 Å². The van der Waals surface area contributed by atoms with Gasteiger partial charge in [-0.1, -0.05) is 0 Å². The molecular weight excluding hydrogens is 218 g/mol. The van der Waals surface area contributed by atoms with Gasteiger partial charge in [0.2, 0.25) is 0 Å². The molecule has 1 aliphatic rings. The Bertz CT molecular complexity index is 441. The third-order valence-corrected chi connectivity index (χ3v) is 3.46. The maximum absolute atomic E-state index is 10.6. The fraction of sp³-hybridized carbons (Fsp3) is 0.500. The van der Waals surface area contributed by atoms with Crippen molar-refractivity contribution in [1.29, 1.82) is 0 Å². The lowest BCUT2D eigenvalue weighted by Crippen LogP contribution is -2.24. The summed E-state index contributed by atoms with van der Waals surface area (Å²) in [5.74, 6) is 0. The maximum atomic E-state index is 10.6. The number of aryl methyl sites for hydroxylation is 1. The topological polar surface area (TPSA) is 81.2 Å². The first-order chi connectivity index (χ1) is 8.06. The molecule has 0 aliphatic heterocycles. The van der Waals surface area contributed by atoms with E-state index in [1.807, 2.05) is 6.92 Å². The lowest BCUT2D eigenvalue weighted by Gasteiger charge is -2.15. The summed E-state index contributed by atoms with van der Waals surface area (Å²) in [5.41, 5.74) is 7.95. The molecule has 2 rings (SSSR count). The highest BCUT2D eigenvalue weighted by molar-refractivity contribution is 5.55. The van der Waals surface area contributed by atoms with Gasteiger partial charge in [-0.25, -0.2) is 0 Å². The van der Waals surface area contributed by atoms with Gasteiger partial charge in [0.05, 0.1) is 4.92 Å². The SMILES string of the molecule is Cc1cc([N+](=O)[O-])ccc1NCC1(CN)CC1. The lowest BCUT2D eigenvalue weighted by atomic mass is 10.1. The van der Waals surface area contributed by atoms with Crippen molar-refractivity contribution in [1.82, 2.24) is 0 Å². The molecule has 1 aromatic rings. The fourth-order valence-corrected chi connectivity index (χ4v) is 1.87. The van der Waals surface area contributed by atoms with Gasteiger partial charge in [-0.15, -0.1) is 0 Å². The summed E-state index contributed by atoms with van der Waals surface area (Å²) < 4.78 is 0. The van der Waals surface area contributed by atoms with Crippen molar-refractivity contribution in [2.24, 2.45) is 11.1 Å². The van der Waals surface area contributed by atoms with Gasteiger partial charge in [0, 0.05) is 24.4 Å². The molecule has 0 heterocycles. The summed E-state index contributed by atoms with van der Waals surface area (Å²) >= 11 is 0. The number of nitrogens with two attached hydrogens (primary N) is 1. The summed E-state index contributed by atoms with van der Waals surface area (Å²) in [6.45, 7) is 3.42. The smallest absolute Gasteiger partial charge is 0.269 e. The molecule has 0 atom stereocenters. The molecule has 0 aromatic heterocycles. The molecule has 0 bridgehead atoms. The van der Waals surface area contributed by atoms with Gasteiger partial charge in [-0.2, -0.15) is 0 Å². The molecule has 92 valence electrons. The summed E-state index contributed by atoms with van der Waals surface area (Å²) in [7, 11) is 0. The number of nitrogens with zero attached hydrogens (tertiary/aromatic N) is 1. The Balaban J connectivity index is 2.04. The first kappa shape index (κ1) is 11.9. The molecule has 1 saturated carbocycles. The van der Waals surface area contributed by atoms with Crippen LogP contribution in [0.3, 0.4) is 0 Å². The van der Waals surface area contributed by atoms with E-state index >= 15 is 0 Å². The third kappa shape index (κ3) is 2.55. The van der Waals surface area contributed by atoms with E-state index in [4.69, 9.17) is 5.73 Å². The molecule has 0 spiro atoms. The highest BCUT2D eigenvalue weighted by atomic mass is 16.6. The van der Waals surface area contributed by atoms with Crippen LogP contribution in [-0.2, 0) is 0 Å². The number of anilines is 1. The van der Waals surface area contributed by atoms with E-state index in [0.29, 0.717) is 6.54 Å². The molecule has 0 saturated heterocycles. The van der Waals surface area contributed by atoms with Crippen molar-refractivity contribution in [2.45, 2.75) is 19.8 Å². The molecule has 5 nitrogen and oxygen atoms in total. The number of benzene rings is 1. The van der Waals surface area contributed by atoms with Gasteiger partial charge in [0.15, 0.2) is 0 Å². The molecule has 0 unspecified atom stereocenters. The Hall–Kier alpha value is -1.62. The number of hydrogen-bond donors (Lipinski definition) is 2. The highest BCUT2D eigenvalue weighted by Crippen LogP contribution is 2.44. The van der Waals surface area contributed by atoms with Gasteiger partial charge in [-0.05, 0) is 43.4 Å². The van der Waals surface area contributed by atoms with Crippen LogP contribution in [0.4, 0.5) is 11.4 Å². The standard InChI is InChI=1S/C12H17N3O2/c1-9-6-10(15(16)17)2-3-11(9)14-8-12(7-13)4-5-12/h2-3,6,14H,4-5,7-8,13H2,1H3. The Kier molecular flexibility index (Phi) is 3.02. The molecule has 1 aromatic carbocycles. The zero-order chi connectivity index (χ0) is 12.5. The van der Waals surface area contributed by atoms with E-state index in [2.05, 4.69) is 5.32 Å². The second-order valence-corrected chi connectivity index (χ2v) is 4.81. The third-order valence-electron chi connectivity index (χ3n) is 3.46. The van der Waals surface area contributed by atoms with Crippen LogP contribution >= 0.6 is 0 Å². The maximum Gasteiger partial charge on any atom is 0.269 e. The molecule has 0 radical (unpaired) electrons. The second kappa shape index (κ2) is 4.33. The van der Waals surface area contributed by atoms with Crippen LogP contribution in [0.2, 0.25) is 0 Å². The number of nitrogens with one attached hydrogen (secondary N) is 1. The van der Waals surface area contributed by atoms with Crippen LogP contribution < -0.4 is 11.1 Å². The van der Waals surface area contributed by atoms with Crippen LogP contribution in [0.15, 0.2) is 18.2 Å². The Morgan fingerprint density at radius 1 is 1.53 bits per heavy atom. The number of non-ortho nitro benzene ring substituents is 1. The predicted octanol–water partition coefficient (Wildman–Crippen LogP) is 2.05. The average molecular weight is 235 g/mol. The molecular formula is C12H17N3O2. The van der Waals surface area contributed by atoms with Crippen molar-refractivity contribution in [3.8, 4) is 0 Å². The molecule has 1 aliphatic carbocycles. The summed E-state index contributed by atoms with van der Waals surface area (Å²) in [6.07, 6.45) is 2.34. The number of nitro groups is 1. The van der Waals surface area contributed by atoms with E-state index in [1.165, 1.54) is 18.9 Å². The van der Waals surface area contributed by atoms with Crippen molar-refractivity contribution >= 4 is 11.4 Å². The van der Waals surface area contributed by atoms with Gasteiger partial charge < -0.3 is 11.1 Å². The van der Waals surface area contributed by atoms with Gasteiger partial charge >= 0.3 is 0 Å². The van der Waals surface area contributed by atoms with Crippen LogP contribution in [0, 0.1) is 22.5 Å². The minimum absolute atomic E-state index is 0.132. The first-order valence-electron chi connectivity index (χ1n) is 5.75. The van der Waals surface area contributed by atoms with E-state index < -0.39 is 0 Å². The van der Waals surface area contributed by atoms with Gasteiger partial charge in [0.25, 0.3) is 5.69 Å². The first-order valence-corrected chi connectivity index (χ1v) is 5.75. The number of rotatable bonds is 5. The van der Waals surface area contributed by atoms with E-state index in [9.17, 15) is 10.1 Å². The van der Waals surface area contributed by atoms with E-state index in [-0.39, 0.29) is 16.0 Å². The summed E-state index contributed by atoms with van der Waals surface area (Å²) in [4.78, 5) is 10.2. The fourth-order valence-electron chi connectivity index (χ4n) is 1.87. The molecule has 0 amide bonds. The normalized spacial score (nSPS) is 16.6. The van der Waals surface area contributed by atoms with Gasteiger partial charge in [-0.3, -0.25) is 10.1 Å². The van der Waals surface area contributed by atoms with Gasteiger partial charge in [0.1, 0.15) is 0 Å². The van der Waals surface area contributed by atoms with Crippen molar-refractivity contribution in [3.05, 3.63) is 33.9 Å². The average Bonchev–Trinajstić information content (AvgIpc) is 3.08. The molecule has 3 N–H and O–H groups in total. The number of hydrogen-bond acceptors (Lipinski definition) is 4. The zero-order valence-electron chi connectivity index (χ0n) is 9.90. The molecule has 5 heteroatoms. The van der Waals surface area contributed by atoms with E-state index in [1.54, 1.807) is 12.1 Å². The largest absolute Gasteiger partial charge is 0.384 e. The Morgan fingerprint density at radius 3 is 2.71 bits per heavy atom. The number of nitro benzene ring substituents is 1. The quantitative estimate of drug-likeness (QED) is 0.604. The minimum Gasteiger partial charge on any atom is -0.384 e. The Morgan fingerprint density at radius 2 is 2.24 bits per heavy atom. The highest BCUT2D eigenvalue weighted by Gasteiger charge is 2.40. The molecule has 1 fully saturated rings. The zero-order valence-corrected chi connectivity index (χ0v) is 9.90.